The fourth-order valence-corrected chi connectivity index (χ4v) is 2.29. The predicted octanol–water partition coefficient (Wildman–Crippen LogP) is 4.18. The fraction of sp³-hybridized carbons (Fsp3) is 0.750. The molecule has 0 unspecified atom stereocenters. The van der Waals surface area contributed by atoms with Crippen molar-refractivity contribution in [2.24, 2.45) is 10.7 Å². The van der Waals surface area contributed by atoms with Crippen molar-refractivity contribution in [2.75, 3.05) is 6.54 Å². The van der Waals surface area contributed by atoms with E-state index in [1.54, 1.807) is 0 Å². The molecule has 0 saturated heterocycles. The Morgan fingerprint density at radius 2 is 2.00 bits per heavy atom. The summed E-state index contributed by atoms with van der Waals surface area (Å²) in [7, 11) is 0. The van der Waals surface area contributed by atoms with Crippen molar-refractivity contribution < 1.29 is 4.52 Å². The third kappa shape index (κ3) is 8.00. The van der Waals surface area contributed by atoms with Gasteiger partial charge in [-0.15, -0.1) is 24.0 Å². The molecule has 1 heterocycles. The van der Waals surface area contributed by atoms with Gasteiger partial charge in [-0.25, -0.2) is 4.99 Å². The second-order valence-electron chi connectivity index (χ2n) is 5.42. The van der Waals surface area contributed by atoms with E-state index >= 15 is 0 Å². The minimum atomic E-state index is 0. The number of aliphatic imine (C=N–C) groups is 1. The van der Waals surface area contributed by atoms with Crippen molar-refractivity contribution >= 4 is 29.9 Å². The summed E-state index contributed by atoms with van der Waals surface area (Å²) < 4.78 is 5.32. The quantitative estimate of drug-likeness (QED) is 0.257. The zero-order chi connectivity index (χ0) is 15.5. The largest absolute Gasteiger partial charge is 0.370 e. The highest BCUT2D eigenvalue weighted by molar-refractivity contribution is 14.0. The molecular formula is C16H31IN4O. The van der Waals surface area contributed by atoms with E-state index in [1.807, 2.05) is 6.07 Å². The number of nitrogens with two attached hydrogens (primary N) is 1. The molecule has 128 valence electrons. The molecule has 0 fully saturated rings. The Bertz CT molecular complexity index is 416. The first kappa shape index (κ1) is 21.2. The van der Waals surface area contributed by atoms with E-state index < -0.39 is 0 Å². The van der Waals surface area contributed by atoms with E-state index in [9.17, 15) is 0 Å². The molecule has 0 aliphatic carbocycles. The van der Waals surface area contributed by atoms with Crippen molar-refractivity contribution in [3.05, 3.63) is 17.5 Å². The molecule has 0 aliphatic heterocycles. The molecule has 3 N–H and O–H groups in total. The summed E-state index contributed by atoms with van der Waals surface area (Å²) in [5, 5.41) is 7.26. The highest BCUT2D eigenvalue weighted by Gasteiger charge is 2.12. The number of hydrogen-bond acceptors (Lipinski definition) is 3. The van der Waals surface area contributed by atoms with Crippen LogP contribution in [0.5, 0.6) is 0 Å². The van der Waals surface area contributed by atoms with Gasteiger partial charge in [0, 0.05) is 18.5 Å². The summed E-state index contributed by atoms with van der Waals surface area (Å²) in [6.45, 7) is 7.87. The van der Waals surface area contributed by atoms with E-state index in [1.165, 1.54) is 19.3 Å². The Balaban J connectivity index is 0.00000441. The molecule has 0 saturated carbocycles. The monoisotopic (exact) mass is 422 g/mol. The molecule has 0 bridgehead atoms. The fourth-order valence-electron chi connectivity index (χ4n) is 2.29. The van der Waals surface area contributed by atoms with Gasteiger partial charge in [-0.05, 0) is 19.3 Å². The summed E-state index contributed by atoms with van der Waals surface area (Å²) >= 11 is 0. The Morgan fingerprint density at radius 3 is 2.64 bits per heavy atom. The van der Waals surface area contributed by atoms with Gasteiger partial charge in [-0.2, -0.15) is 0 Å². The number of nitrogens with one attached hydrogen (secondary N) is 1. The van der Waals surface area contributed by atoms with Gasteiger partial charge in [0.2, 0.25) is 0 Å². The molecule has 0 radical (unpaired) electrons. The Hall–Kier alpha value is -0.790. The number of halogens is 1. The minimum absolute atomic E-state index is 0. The number of unbranched alkanes of at least 4 members (excludes halogenated alkanes) is 3. The van der Waals surface area contributed by atoms with Gasteiger partial charge in [0.25, 0.3) is 0 Å². The zero-order valence-corrected chi connectivity index (χ0v) is 16.4. The number of nitrogens with zero attached hydrogens (tertiary/aromatic N) is 2. The summed E-state index contributed by atoms with van der Waals surface area (Å²) in [5.41, 5.74) is 6.86. The number of rotatable bonds is 10. The van der Waals surface area contributed by atoms with Crippen molar-refractivity contribution in [1.82, 2.24) is 10.5 Å². The zero-order valence-electron chi connectivity index (χ0n) is 14.1. The normalized spacial score (nSPS) is 11.5. The first-order valence-electron chi connectivity index (χ1n) is 8.20. The summed E-state index contributed by atoms with van der Waals surface area (Å²) in [6, 6.07) is 2.00. The smallest absolute Gasteiger partial charge is 0.189 e. The van der Waals surface area contributed by atoms with E-state index in [2.05, 4.69) is 36.2 Å². The van der Waals surface area contributed by atoms with Gasteiger partial charge < -0.3 is 15.6 Å². The van der Waals surface area contributed by atoms with Crippen LogP contribution >= 0.6 is 24.0 Å². The molecule has 0 aliphatic rings. The van der Waals surface area contributed by atoms with Crippen LogP contribution in [0.15, 0.2) is 15.6 Å². The maximum atomic E-state index is 5.83. The molecule has 0 amide bonds. The Kier molecular flexibility index (Phi) is 12.3. The molecule has 1 aromatic rings. The number of aromatic nitrogens is 1. The average molecular weight is 422 g/mol. The molecular weight excluding hydrogens is 391 g/mol. The average Bonchev–Trinajstić information content (AvgIpc) is 2.95. The van der Waals surface area contributed by atoms with E-state index in [4.69, 9.17) is 10.3 Å². The van der Waals surface area contributed by atoms with Crippen LogP contribution in [0, 0.1) is 0 Å². The molecule has 22 heavy (non-hydrogen) atoms. The maximum absolute atomic E-state index is 5.83. The van der Waals surface area contributed by atoms with Crippen LogP contribution in [0.3, 0.4) is 0 Å². The van der Waals surface area contributed by atoms with E-state index in [0.29, 0.717) is 18.4 Å². The second-order valence-corrected chi connectivity index (χ2v) is 5.42. The van der Waals surface area contributed by atoms with Gasteiger partial charge in [0.05, 0.1) is 5.69 Å². The molecule has 6 heteroatoms. The molecule has 5 nitrogen and oxygen atoms in total. The van der Waals surface area contributed by atoms with Crippen LogP contribution < -0.4 is 11.1 Å². The summed E-state index contributed by atoms with van der Waals surface area (Å²) in [5.74, 6) is 1.72. The first-order chi connectivity index (χ1) is 10.2. The van der Waals surface area contributed by atoms with Crippen molar-refractivity contribution in [3.8, 4) is 0 Å². The Labute approximate surface area is 151 Å². The number of hydrogen-bond donors (Lipinski definition) is 2. The highest BCUT2D eigenvalue weighted by atomic mass is 127. The van der Waals surface area contributed by atoms with Gasteiger partial charge in [0.15, 0.2) is 11.7 Å². The minimum Gasteiger partial charge on any atom is -0.370 e. The lowest BCUT2D eigenvalue weighted by Gasteiger charge is -2.06. The van der Waals surface area contributed by atoms with Crippen LogP contribution in [0.4, 0.5) is 0 Å². The molecule has 1 aromatic heterocycles. The second kappa shape index (κ2) is 12.7. The van der Waals surface area contributed by atoms with Gasteiger partial charge in [-0.1, -0.05) is 45.2 Å². The van der Waals surface area contributed by atoms with Crippen LogP contribution in [-0.2, 0) is 6.54 Å². The van der Waals surface area contributed by atoms with Crippen LogP contribution in [0.2, 0.25) is 0 Å². The topological polar surface area (TPSA) is 76.4 Å². The van der Waals surface area contributed by atoms with Crippen molar-refractivity contribution in [1.29, 1.82) is 0 Å². The van der Waals surface area contributed by atoms with Gasteiger partial charge in [0.1, 0.15) is 6.54 Å². The van der Waals surface area contributed by atoms with E-state index in [0.717, 1.165) is 37.3 Å². The molecule has 0 spiro atoms. The SMILES string of the molecule is CCCCCCNC(N)=NCc1cc(C(CC)CC)no1.I. The number of guanidine groups is 1. The van der Waals surface area contributed by atoms with Crippen LogP contribution in [0.1, 0.15) is 76.7 Å². The van der Waals surface area contributed by atoms with E-state index in [-0.39, 0.29) is 24.0 Å². The highest BCUT2D eigenvalue weighted by Crippen LogP contribution is 2.22. The van der Waals surface area contributed by atoms with Crippen molar-refractivity contribution in [2.45, 2.75) is 71.8 Å². The molecule has 1 rings (SSSR count). The van der Waals surface area contributed by atoms with Crippen molar-refractivity contribution in [3.63, 3.8) is 0 Å². The first-order valence-corrected chi connectivity index (χ1v) is 8.20. The third-order valence-corrected chi connectivity index (χ3v) is 3.72. The lowest BCUT2D eigenvalue weighted by molar-refractivity contribution is 0.372. The van der Waals surface area contributed by atoms with Gasteiger partial charge in [-0.3, -0.25) is 0 Å². The predicted molar refractivity (Wildman–Crippen MR) is 103 cm³/mol. The Morgan fingerprint density at radius 1 is 1.27 bits per heavy atom. The van der Waals surface area contributed by atoms with Gasteiger partial charge >= 0.3 is 0 Å². The summed E-state index contributed by atoms with van der Waals surface area (Å²) in [6.07, 6.45) is 7.03. The van der Waals surface area contributed by atoms with Crippen LogP contribution in [0.25, 0.3) is 0 Å². The molecule has 0 aromatic carbocycles. The third-order valence-electron chi connectivity index (χ3n) is 3.72. The maximum Gasteiger partial charge on any atom is 0.189 e. The van der Waals surface area contributed by atoms with Crippen LogP contribution in [-0.4, -0.2) is 17.7 Å². The summed E-state index contributed by atoms with van der Waals surface area (Å²) in [4.78, 5) is 4.29. The lowest BCUT2D eigenvalue weighted by Crippen LogP contribution is -2.32. The lowest BCUT2D eigenvalue weighted by atomic mass is 9.99. The standard InChI is InChI=1S/C16H30N4O.HI/c1-4-7-8-9-10-18-16(17)19-12-14-11-15(20-21-14)13(5-2)6-3;/h11,13H,4-10,12H2,1-3H3,(H3,17,18,19);1H. The molecule has 0 atom stereocenters.